The van der Waals surface area contributed by atoms with Crippen molar-refractivity contribution in [2.45, 2.75) is 28.7 Å². The molecule has 0 aliphatic carbocycles. The number of nitrogens with zero attached hydrogens (tertiary/aromatic N) is 3. The number of nitrogens with one attached hydrogen (secondary N) is 1. The Kier molecular flexibility index (Phi) is 6.42. The minimum absolute atomic E-state index is 0.0233. The Labute approximate surface area is 195 Å². The number of amides is 2. The average molecular weight is 494 g/mol. The highest BCUT2D eigenvalue weighted by atomic mass is 32.2. The van der Waals surface area contributed by atoms with Crippen LogP contribution in [0, 0.1) is 6.92 Å². The second kappa shape index (κ2) is 9.10. The molecule has 1 aromatic carbocycles. The number of nitrogens with two attached hydrogens (primary N) is 1. The third-order valence-corrected chi connectivity index (χ3v) is 8.33. The summed E-state index contributed by atoms with van der Waals surface area (Å²) in [6.45, 7) is 1.84. The number of carbonyl (C=O) groups excluding carboxylic acids is 2. The second-order valence-corrected chi connectivity index (χ2v) is 10.6. The molecule has 1 aromatic heterocycles. The SMILES string of the molecule is Cc1nnc(SCC2=C(C(=O)O)N3C(=O)C(NC(=O)[C@H](N)c4cccc(O)c4)[C@H]3SC2)s1. The van der Waals surface area contributed by atoms with Crippen molar-refractivity contribution in [3.63, 3.8) is 0 Å². The number of fused-ring (bicyclic) bond motifs is 1. The molecule has 2 amide bonds. The lowest BCUT2D eigenvalue weighted by atomic mass is 10.0. The van der Waals surface area contributed by atoms with Gasteiger partial charge in [0, 0.05) is 11.5 Å². The van der Waals surface area contributed by atoms with Crippen LogP contribution in [0.1, 0.15) is 16.6 Å². The van der Waals surface area contributed by atoms with Gasteiger partial charge >= 0.3 is 5.97 Å². The van der Waals surface area contributed by atoms with Crippen molar-refractivity contribution in [1.82, 2.24) is 20.4 Å². The van der Waals surface area contributed by atoms with E-state index < -0.39 is 35.2 Å². The zero-order valence-corrected chi connectivity index (χ0v) is 19.2. The Bertz CT molecular complexity index is 1120. The van der Waals surface area contributed by atoms with Crippen molar-refractivity contribution in [2.24, 2.45) is 5.73 Å². The van der Waals surface area contributed by atoms with E-state index in [9.17, 15) is 24.6 Å². The Morgan fingerprint density at radius 2 is 2.19 bits per heavy atom. The minimum atomic E-state index is -1.19. The van der Waals surface area contributed by atoms with Gasteiger partial charge in [0.2, 0.25) is 5.91 Å². The van der Waals surface area contributed by atoms with Crippen molar-refractivity contribution >= 4 is 52.6 Å². The molecule has 1 unspecified atom stereocenters. The molecule has 5 N–H and O–H groups in total. The van der Waals surface area contributed by atoms with Gasteiger partial charge in [-0.25, -0.2) is 4.79 Å². The molecule has 3 heterocycles. The highest BCUT2D eigenvalue weighted by Gasteiger charge is 2.54. The lowest BCUT2D eigenvalue weighted by molar-refractivity contribution is -0.150. The predicted octanol–water partition coefficient (Wildman–Crippen LogP) is 1.08. The zero-order chi connectivity index (χ0) is 23.0. The lowest BCUT2D eigenvalue weighted by Gasteiger charge is -2.49. The van der Waals surface area contributed by atoms with Crippen molar-refractivity contribution in [3.8, 4) is 5.75 Å². The van der Waals surface area contributed by atoms with Crippen LogP contribution in [0.5, 0.6) is 5.75 Å². The molecule has 10 nitrogen and oxygen atoms in total. The smallest absolute Gasteiger partial charge is 0.352 e. The van der Waals surface area contributed by atoms with Crippen molar-refractivity contribution < 1.29 is 24.6 Å². The van der Waals surface area contributed by atoms with Gasteiger partial charge in [0.25, 0.3) is 5.91 Å². The molecule has 168 valence electrons. The molecule has 4 rings (SSSR count). The fourth-order valence-corrected chi connectivity index (χ4v) is 6.69. The first-order valence-corrected chi connectivity index (χ1v) is 12.3. The van der Waals surface area contributed by atoms with Crippen LogP contribution < -0.4 is 11.1 Å². The van der Waals surface area contributed by atoms with Gasteiger partial charge in [-0.15, -0.1) is 22.0 Å². The van der Waals surface area contributed by atoms with Crippen LogP contribution >= 0.6 is 34.9 Å². The van der Waals surface area contributed by atoms with Crippen LogP contribution in [-0.4, -0.2) is 66.0 Å². The number of β-lactam (4-membered cyclic amide) rings is 1. The van der Waals surface area contributed by atoms with Crippen LogP contribution in [0.2, 0.25) is 0 Å². The monoisotopic (exact) mass is 493 g/mol. The number of aryl methyl sites for hydroxylation is 1. The number of carboxylic acids is 1. The van der Waals surface area contributed by atoms with E-state index in [4.69, 9.17) is 5.73 Å². The predicted molar refractivity (Wildman–Crippen MR) is 120 cm³/mol. The molecule has 0 spiro atoms. The van der Waals surface area contributed by atoms with Crippen LogP contribution in [0.15, 0.2) is 39.9 Å². The molecule has 13 heteroatoms. The number of aromatic hydroxyl groups is 1. The van der Waals surface area contributed by atoms with Gasteiger partial charge in [0.15, 0.2) is 4.34 Å². The number of rotatable bonds is 7. The van der Waals surface area contributed by atoms with Gasteiger partial charge < -0.3 is 21.3 Å². The first kappa shape index (κ1) is 22.6. The average Bonchev–Trinajstić information content (AvgIpc) is 3.19. The van der Waals surface area contributed by atoms with Gasteiger partial charge in [0.1, 0.15) is 33.9 Å². The third-order valence-electron chi connectivity index (χ3n) is 4.94. The summed E-state index contributed by atoms with van der Waals surface area (Å²) in [5.74, 6) is -1.50. The number of carbonyl (C=O) groups is 3. The summed E-state index contributed by atoms with van der Waals surface area (Å²) in [4.78, 5) is 38.5. The molecule has 2 aliphatic rings. The number of hydrogen-bond donors (Lipinski definition) is 4. The molecule has 2 aromatic rings. The van der Waals surface area contributed by atoms with E-state index in [1.807, 2.05) is 6.92 Å². The fraction of sp³-hybridized carbons (Fsp3) is 0.316. The third kappa shape index (κ3) is 4.33. The number of aromatic nitrogens is 2. The molecular weight excluding hydrogens is 474 g/mol. The van der Waals surface area contributed by atoms with Crippen LogP contribution in [0.3, 0.4) is 0 Å². The summed E-state index contributed by atoms with van der Waals surface area (Å²) < 4.78 is 0.730. The van der Waals surface area contributed by atoms with Gasteiger partial charge in [-0.2, -0.15) is 0 Å². The topological polar surface area (TPSA) is 159 Å². The number of hydrogen-bond acceptors (Lipinski definition) is 10. The maximum absolute atomic E-state index is 12.8. The summed E-state index contributed by atoms with van der Waals surface area (Å²) in [5, 5.41) is 30.2. The maximum Gasteiger partial charge on any atom is 0.352 e. The summed E-state index contributed by atoms with van der Waals surface area (Å²) in [6.07, 6.45) is 0. The number of carboxylic acid groups (broad SMARTS) is 1. The Hall–Kier alpha value is -2.61. The van der Waals surface area contributed by atoms with Gasteiger partial charge in [-0.1, -0.05) is 35.2 Å². The summed E-state index contributed by atoms with van der Waals surface area (Å²) in [6, 6.07) is 4.06. The van der Waals surface area contributed by atoms with Gasteiger partial charge in [-0.05, 0) is 30.2 Å². The number of phenolic OH excluding ortho intramolecular Hbond substituents is 1. The molecule has 1 fully saturated rings. The van der Waals surface area contributed by atoms with Gasteiger partial charge in [-0.3, -0.25) is 14.5 Å². The highest BCUT2D eigenvalue weighted by Crippen LogP contribution is 2.42. The van der Waals surface area contributed by atoms with Crippen LogP contribution in [0.4, 0.5) is 0 Å². The molecule has 3 atom stereocenters. The van der Waals surface area contributed by atoms with Gasteiger partial charge in [0.05, 0.1) is 0 Å². The normalized spacial score (nSPS) is 21.1. The summed E-state index contributed by atoms with van der Waals surface area (Å²) >= 11 is 4.19. The number of aliphatic carboxylic acids is 1. The molecule has 0 radical (unpaired) electrons. The first-order chi connectivity index (χ1) is 15.3. The molecular formula is C19H19N5O5S3. The van der Waals surface area contributed by atoms with E-state index in [1.54, 1.807) is 12.1 Å². The standard InChI is InChI=1S/C19H19N5O5S3/c1-8-22-23-19(32-8)31-7-10-6-30-17-13(16(27)24(17)14(10)18(28)29)21-15(26)12(20)9-3-2-4-11(25)5-9/h2-5,12-13,17,25H,6-7,20H2,1H3,(H,21,26)(H,28,29)/t12-,13?,17-/m1/s1. The van der Waals surface area contributed by atoms with E-state index in [0.717, 1.165) is 9.35 Å². The Morgan fingerprint density at radius 1 is 1.41 bits per heavy atom. The Morgan fingerprint density at radius 3 is 2.84 bits per heavy atom. The van der Waals surface area contributed by atoms with E-state index in [0.29, 0.717) is 22.6 Å². The van der Waals surface area contributed by atoms with E-state index in [1.165, 1.54) is 51.9 Å². The molecule has 1 saturated heterocycles. The summed E-state index contributed by atoms with van der Waals surface area (Å²) in [7, 11) is 0. The molecule has 0 bridgehead atoms. The van der Waals surface area contributed by atoms with Crippen molar-refractivity contribution in [2.75, 3.05) is 11.5 Å². The quantitative estimate of drug-likeness (QED) is 0.325. The summed E-state index contributed by atoms with van der Waals surface area (Å²) in [5.41, 5.74) is 6.94. The zero-order valence-electron chi connectivity index (χ0n) is 16.7. The number of phenols is 1. The van der Waals surface area contributed by atoms with E-state index in [2.05, 4.69) is 15.5 Å². The molecule has 0 saturated carbocycles. The first-order valence-electron chi connectivity index (χ1n) is 9.44. The van der Waals surface area contributed by atoms with Crippen LogP contribution in [-0.2, 0) is 14.4 Å². The second-order valence-electron chi connectivity index (χ2n) is 7.10. The van der Waals surface area contributed by atoms with Crippen LogP contribution in [0.25, 0.3) is 0 Å². The molecule has 2 aliphatic heterocycles. The fourth-order valence-electron chi connectivity index (χ4n) is 3.39. The van der Waals surface area contributed by atoms with E-state index >= 15 is 0 Å². The molecule has 32 heavy (non-hydrogen) atoms. The van der Waals surface area contributed by atoms with E-state index in [-0.39, 0.29) is 11.4 Å². The number of thioether (sulfide) groups is 2. The minimum Gasteiger partial charge on any atom is -0.508 e. The van der Waals surface area contributed by atoms with Crippen molar-refractivity contribution in [1.29, 1.82) is 0 Å². The number of benzene rings is 1. The Balaban J connectivity index is 1.45. The lowest BCUT2D eigenvalue weighted by Crippen LogP contribution is -2.71. The van der Waals surface area contributed by atoms with Crippen molar-refractivity contribution in [3.05, 3.63) is 46.1 Å². The maximum atomic E-state index is 12.8. The largest absolute Gasteiger partial charge is 0.508 e. The highest BCUT2D eigenvalue weighted by molar-refractivity contribution is 8.01.